The van der Waals surface area contributed by atoms with Crippen molar-refractivity contribution in [2.24, 2.45) is 0 Å². The molecule has 0 atom stereocenters. The molecule has 0 saturated carbocycles. The van der Waals surface area contributed by atoms with Crippen LogP contribution in [-0.4, -0.2) is 9.97 Å². The predicted octanol–water partition coefficient (Wildman–Crippen LogP) is 5.10. The van der Waals surface area contributed by atoms with E-state index in [-0.39, 0.29) is 0 Å². The molecular formula is C18H11ClN2. The van der Waals surface area contributed by atoms with Gasteiger partial charge >= 0.3 is 0 Å². The van der Waals surface area contributed by atoms with Crippen molar-refractivity contribution >= 4 is 33.4 Å². The molecule has 0 aliphatic heterocycles. The van der Waals surface area contributed by atoms with E-state index in [2.05, 4.69) is 29.2 Å². The number of rotatable bonds is 1. The van der Waals surface area contributed by atoms with Crippen LogP contribution in [0.2, 0.25) is 5.02 Å². The molecule has 0 amide bonds. The first kappa shape index (κ1) is 12.3. The highest BCUT2D eigenvalue weighted by atomic mass is 35.5. The quantitative estimate of drug-likeness (QED) is 0.456. The number of aromatic nitrogens is 2. The minimum atomic E-state index is 0.713. The Morgan fingerprint density at radius 2 is 1.57 bits per heavy atom. The Bertz CT molecular complexity index is 963. The molecular weight excluding hydrogens is 280 g/mol. The molecule has 0 fully saturated rings. The third-order valence-corrected chi connectivity index (χ3v) is 3.79. The summed E-state index contributed by atoms with van der Waals surface area (Å²) in [4.78, 5) is 9.27. The average Bonchev–Trinajstić information content (AvgIpc) is 2.54. The first-order chi connectivity index (χ1) is 10.3. The molecule has 100 valence electrons. The van der Waals surface area contributed by atoms with Crippen LogP contribution in [0.1, 0.15) is 0 Å². The topological polar surface area (TPSA) is 25.8 Å². The molecule has 0 N–H and O–H groups in total. The molecule has 2 nitrogen and oxygen atoms in total. The monoisotopic (exact) mass is 290 g/mol. The molecule has 0 aliphatic carbocycles. The lowest BCUT2D eigenvalue weighted by atomic mass is 10.1. The van der Waals surface area contributed by atoms with Gasteiger partial charge in [-0.2, -0.15) is 0 Å². The van der Waals surface area contributed by atoms with E-state index in [4.69, 9.17) is 16.6 Å². The fraction of sp³-hybridized carbons (Fsp3) is 0. The molecule has 2 aromatic heterocycles. The number of hydrogen-bond acceptors (Lipinski definition) is 2. The average molecular weight is 291 g/mol. The highest BCUT2D eigenvalue weighted by molar-refractivity contribution is 6.30. The summed E-state index contributed by atoms with van der Waals surface area (Å²) in [6.07, 6.45) is 1.80. The van der Waals surface area contributed by atoms with Crippen LogP contribution in [0.15, 0.2) is 66.9 Å². The van der Waals surface area contributed by atoms with E-state index in [1.165, 1.54) is 0 Å². The zero-order valence-electron chi connectivity index (χ0n) is 11.1. The van der Waals surface area contributed by atoms with Crippen molar-refractivity contribution in [1.82, 2.24) is 9.97 Å². The molecule has 3 heteroatoms. The number of benzene rings is 2. The highest BCUT2D eigenvalue weighted by Crippen LogP contribution is 2.26. The number of nitrogens with zero attached hydrogens (tertiary/aromatic N) is 2. The lowest BCUT2D eigenvalue weighted by Crippen LogP contribution is -1.88. The summed E-state index contributed by atoms with van der Waals surface area (Å²) in [6, 6.07) is 20.0. The first-order valence-corrected chi connectivity index (χ1v) is 7.09. The van der Waals surface area contributed by atoms with Gasteiger partial charge in [-0.15, -0.1) is 0 Å². The van der Waals surface area contributed by atoms with Gasteiger partial charge in [0.15, 0.2) is 0 Å². The summed E-state index contributed by atoms with van der Waals surface area (Å²) in [5.41, 5.74) is 3.77. The van der Waals surface area contributed by atoms with Gasteiger partial charge in [-0.1, -0.05) is 48.0 Å². The van der Waals surface area contributed by atoms with E-state index in [1.54, 1.807) is 6.20 Å². The van der Waals surface area contributed by atoms with Crippen LogP contribution in [0.4, 0.5) is 0 Å². The molecule has 0 saturated heterocycles. The van der Waals surface area contributed by atoms with E-state index >= 15 is 0 Å². The van der Waals surface area contributed by atoms with Crippen molar-refractivity contribution in [2.75, 3.05) is 0 Å². The standard InChI is InChI=1S/C18H11ClN2/c19-15-5-1-3-14(11-15)16-9-8-13-7-6-12-4-2-10-20-17(12)18(13)21-16/h1-11H. The SMILES string of the molecule is Clc1cccc(-c2ccc3ccc4cccnc4c3n2)c1. The second kappa shape index (κ2) is 4.83. The van der Waals surface area contributed by atoms with E-state index in [1.807, 2.05) is 36.4 Å². The molecule has 0 aliphatic rings. The van der Waals surface area contributed by atoms with Gasteiger partial charge in [0.1, 0.15) is 0 Å². The van der Waals surface area contributed by atoms with Crippen LogP contribution in [0.25, 0.3) is 33.1 Å². The maximum absolute atomic E-state index is 6.07. The Balaban J connectivity index is 2.02. The number of pyridine rings is 2. The van der Waals surface area contributed by atoms with Crippen molar-refractivity contribution in [2.45, 2.75) is 0 Å². The van der Waals surface area contributed by atoms with Gasteiger partial charge in [-0.05, 0) is 24.3 Å². The second-order valence-corrected chi connectivity index (χ2v) is 5.36. The van der Waals surface area contributed by atoms with Gasteiger partial charge in [0.2, 0.25) is 0 Å². The van der Waals surface area contributed by atoms with Crippen molar-refractivity contribution in [3.8, 4) is 11.3 Å². The predicted molar refractivity (Wildman–Crippen MR) is 87.5 cm³/mol. The molecule has 0 radical (unpaired) electrons. The minimum Gasteiger partial charge on any atom is -0.254 e. The lowest BCUT2D eigenvalue weighted by molar-refractivity contribution is 1.37. The van der Waals surface area contributed by atoms with Crippen LogP contribution in [0.3, 0.4) is 0 Å². The maximum atomic E-state index is 6.07. The molecule has 0 bridgehead atoms. The third-order valence-electron chi connectivity index (χ3n) is 3.55. The normalized spacial score (nSPS) is 11.1. The Labute approximate surface area is 127 Å². The van der Waals surface area contributed by atoms with E-state index in [0.29, 0.717) is 5.02 Å². The maximum Gasteiger partial charge on any atom is 0.0972 e. The fourth-order valence-electron chi connectivity index (χ4n) is 2.53. The first-order valence-electron chi connectivity index (χ1n) is 6.72. The molecule has 4 rings (SSSR count). The van der Waals surface area contributed by atoms with Gasteiger partial charge in [0, 0.05) is 27.6 Å². The third kappa shape index (κ3) is 2.14. The molecule has 2 aromatic carbocycles. The number of fused-ring (bicyclic) bond motifs is 3. The summed E-state index contributed by atoms with van der Waals surface area (Å²) in [7, 11) is 0. The Kier molecular flexibility index (Phi) is 2.83. The zero-order valence-corrected chi connectivity index (χ0v) is 11.9. The lowest BCUT2D eigenvalue weighted by Gasteiger charge is -2.06. The van der Waals surface area contributed by atoms with Gasteiger partial charge in [-0.25, -0.2) is 4.98 Å². The van der Waals surface area contributed by atoms with Crippen LogP contribution < -0.4 is 0 Å². The zero-order chi connectivity index (χ0) is 14.2. The molecule has 4 aromatic rings. The number of halogens is 1. The van der Waals surface area contributed by atoms with E-state index in [0.717, 1.165) is 33.1 Å². The molecule has 21 heavy (non-hydrogen) atoms. The fourth-order valence-corrected chi connectivity index (χ4v) is 2.72. The molecule has 0 spiro atoms. The largest absolute Gasteiger partial charge is 0.254 e. The van der Waals surface area contributed by atoms with Gasteiger partial charge in [0.05, 0.1) is 16.7 Å². The molecule has 2 heterocycles. The summed E-state index contributed by atoms with van der Waals surface area (Å²) in [6.45, 7) is 0. The van der Waals surface area contributed by atoms with Crippen molar-refractivity contribution < 1.29 is 0 Å². The van der Waals surface area contributed by atoms with Crippen LogP contribution >= 0.6 is 11.6 Å². The Morgan fingerprint density at radius 1 is 0.762 bits per heavy atom. The summed E-state index contributed by atoms with van der Waals surface area (Å²) in [5.74, 6) is 0. The summed E-state index contributed by atoms with van der Waals surface area (Å²) < 4.78 is 0. The summed E-state index contributed by atoms with van der Waals surface area (Å²) in [5, 5.41) is 2.90. The van der Waals surface area contributed by atoms with Crippen molar-refractivity contribution in [3.05, 3.63) is 71.9 Å². The smallest absolute Gasteiger partial charge is 0.0972 e. The van der Waals surface area contributed by atoms with E-state index < -0.39 is 0 Å². The van der Waals surface area contributed by atoms with Gasteiger partial charge < -0.3 is 0 Å². The summed E-state index contributed by atoms with van der Waals surface area (Å²) >= 11 is 6.07. The van der Waals surface area contributed by atoms with Gasteiger partial charge in [-0.3, -0.25) is 4.98 Å². The van der Waals surface area contributed by atoms with E-state index in [9.17, 15) is 0 Å². The van der Waals surface area contributed by atoms with Crippen LogP contribution in [0, 0.1) is 0 Å². The Hall–Kier alpha value is -2.45. The highest BCUT2D eigenvalue weighted by Gasteiger charge is 2.06. The van der Waals surface area contributed by atoms with Crippen LogP contribution in [-0.2, 0) is 0 Å². The van der Waals surface area contributed by atoms with Crippen molar-refractivity contribution in [1.29, 1.82) is 0 Å². The van der Waals surface area contributed by atoms with Crippen molar-refractivity contribution in [3.63, 3.8) is 0 Å². The second-order valence-electron chi connectivity index (χ2n) is 4.92. The number of hydrogen-bond donors (Lipinski definition) is 0. The minimum absolute atomic E-state index is 0.713. The van der Waals surface area contributed by atoms with Crippen LogP contribution in [0.5, 0.6) is 0 Å². The Morgan fingerprint density at radius 3 is 2.43 bits per heavy atom. The molecule has 0 unspecified atom stereocenters. The van der Waals surface area contributed by atoms with Gasteiger partial charge in [0.25, 0.3) is 0 Å².